The Balaban J connectivity index is 0.000000200. The normalized spacial score (nSPS) is 11.2. The second kappa shape index (κ2) is 15.7. The third-order valence-corrected chi connectivity index (χ3v) is 9.74. The summed E-state index contributed by atoms with van der Waals surface area (Å²) < 4.78 is 8.72. The Bertz CT molecular complexity index is 2610. The van der Waals surface area contributed by atoms with Gasteiger partial charge in [-0.05, 0) is 64.9 Å². The monoisotopic (exact) mass is 881 g/mol. The van der Waals surface area contributed by atoms with Crippen molar-refractivity contribution >= 4 is 33.0 Å². The van der Waals surface area contributed by atoms with Crippen LogP contribution in [-0.2, 0) is 20.1 Å². The van der Waals surface area contributed by atoms with Gasteiger partial charge in [0.25, 0.3) is 0 Å². The fourth-order valence-corrected chi connectivity index (χ4v) is 7.09. The number of para-hydroxylation sites is 2. The maximum atomic E-state index is 6.41. The van der Waals surface area contributed by atoms with E-state index in [9.17, 15) is 0 Å². The van der Waals surface area contributed by atoms with E-state index in [1.807, 2.05) is 92.1 Å². The Labute approximate surface area is 330 Å². The van der Waals surface area contributed by atoms with Crippen molar-refractivity contribution in [3.8, 4) is 39.5 Å². The first-order valence-corrected chi connectivity index (χ1v) is 18.2. The van der Waals surface area contributed by atoms with Crippen molar-refractivity contribution in [2.75, 3.05) is 0 Å². The van der Waals surface area contributed by atoms with Crippen LogP contribution >= 0.6 is 0 Å². The van der Waals surface area contributed by atoms with Crippen molar-refractivity contribution in [1.29, 1.82) is 0 Å². The van der Waals surface area contributed by atoms with E-state index < -0.39 is 0 Å². The largest absolute Gasteiger partial charge is 0.501 e. The Hall–Kier alpha value is -5.68. The van der Waals surface area contributed by atoms with Gasteiger partial charge in [0.05, 0.1) is 28.1 Å². The molecule has 5 nitrogen and oxygen atoms in total. The fraction of sp³-hybridized carbons (Fsp3) is 0.146. The molecule has 5 aromatic carbocycles. The van der Waals surface area contributed by atoms with Crippen molar-refractivity contribution in [2.24, 2.45) is 0 Å². The topological polar surface area (TPSA) is 56.7 Å². The van der Waals surface area contributed by atoms with E-state index in [2.05, 4.69) is 109 Å². The van der Waals surface area contributed by atoms with E-state index in [-0.39, 0.29) is 20.1 Å². The van der Waals surface area contributed by atoms with Gasteiger partial charge in [-0.3, -0.25) is 9.97 Å². The van der Waals surface area contributed by atoms with Gasteiger partial charge >= 0.3 is 0 Å². The fourth-order valence-electron chi connectivity index (χ4n) is 7.09. The molecular weight excluding hydrogens is 841 g/mol. The van der Waals surface area contributed by atoms with Crippen LogP contribution in [0.1, 0.15) is 56.4 Å². The van der Waals surface area contributed by atoms with Gasteiger partial charge in [0.1, 0.15) is 5.58 Å². The summed E-state index contributed by atoms with van der Waals surface area (Å²) in [5, 5.41) is 2.17. The summed E-state index contributed by atoms with van der Waals surface area (Å²) in [6.45, 7) is 11.0. The number of furan rings is 1. The molecular formula is C48H40IrN4O-2. The van der Waals surface area contributed by atoms with Crippen LogP contribution < -0.4 is 0 Å². The van der Waals surface area contributed by atoms with Gasteiger partial charge in [0, 0.05) is 43.6 Å². The average Bonchev–Trinajstić information content (AvgIpc) is 3.78. The molecule has 9 rings (SSSR count). The molecule has 0 N–H and O–H groups in total. The molecule has 269 valence electrons. The predicted octanol–water partition coefficient (Wildman–Crippen LogP) is 12.6. The van der Waals surface area contributed by atoms with E-state index in [1.165, 1.54) is 27.9 Å². The summed E-state index contributed by atoms with van der Waals surface area (Å²) >= 11 is 0. The Morgan fingerprint density at radius 1 is 0.648 bits per heavy atom. The molecule has 1 radical (unpaired) electrons. The Morgan fingerprint density at radius 3 is 2.11 bits per heavy atom. The molecule has 0 amide bonds. The molecule has 0 fully saturated rings. The molecule has 0 aliphatic rings. The first-order valence-electron chi connectivity index (χ1n) is 18.2. The number of fused-ring (bicyclic) bond motifs is 4. The minimum absolute atomic E-state index is 0. The third kappa shape index (κ3) is 6.91. The summed E-state index contributed by atoms with van der Waals surface area (Å²) in [5.74, 6) is 1.53. The number of nitrogens with zero attached hydrogens (tertiary/aromatic N) is 4. The molecule has 54 heavy (non-hydrogen) atoms. The first-order chi connectivity index (χ1) is 25.9. The molecule has 0 spiro atoms. The van der Waals surface area contributed by atoms with Crippen LogP contribution in [0.25, 0.3) is 72.4 Å². The molecule has 6 heteroatoms. The number of aryl methyl sites for hydroxylation is 1. The predicted molar refractivity (Wildman–Crippen MR) is 217 cm³/mol. The van der Waals surface area contributed by atoms with Crippen LogP contribution in [-0.4, -0.2) is 19.5 Å². The molecule has 0 aliphatic carbocycles. The molecule has 4 heterocycles. The summed E-state index contributed by atoms with van der Waals surface area (Å²) in [6.07, 6.45) is 3.72. The Morgan fingerprint density at radius 2 is 1.37 bits per heavy atom. The minimum Gasteiger partial charge on any atom is -0.501 e. The van der Waals surface area contributed by atoms with Gasteiger partial charge < -0.3 is 14.0 Å². The number of imidazole rings is 1. The number of benzene rings is 5. The quantitative estimate of drug-likeness (QED) is 0.156. The molecule has 0 bridgehead atoms. The number of pyridine rings is 2. The van der Waals surface area contributed by atoms with Crippen LogP contribution in [0, 0.1) is 19.1 Å². The standard InChI is InChI=1S/C31H28N3O.C17H12N.Ir/c1-18(2)21-11-8-12-22(19(3)4)29(21)34-26-16-17-32-20(5)28(26)33-31(34)25-14-9-13-24-23-10-6-7-15-27(23)35-30(24)25;1-3-7-14(8-4-1)16-11-12-18-17(13-16)15-9-5-2-6-10-15;/h6-13,15-19H,1-5H3;1-9,11-13H;/q2*-1;. The van der Waals surface area contributed by atoms with Crippen molar-refractivity contribution in [3.05, 3.63) is 169 Å². The van der Waals surface area contributed by atoms with E-state index in [0.717, 1.165) is 61.3 Å². The molecule has 0 saturated carbocycles. The number of hydrogen-bond donors (Lipinski definition) is 0. The molecule has 4 aromatic heterocycles. The summed E-state index contributed by atoms with van der Waals surface area (Å²) in [5.41, 5.74) is 13.5. The van der Waals surface area contributed by atoms with Gasteiger partial charge in [0.2, 0.25) is 0 Å². The van der Waals surface area contributed by atoms with Gasteiger partial charge in [-0.15, -0.1) is 54.1 Å². The SMILES string of the molecule is Cc1nccc2c1nc(-c1[c-]ccc3c1oc1ccccc13)n2-c1c(C(C)C)cccc1C(C)C.[Ir].[c-]1ccccc1-c1cc(-c2ccccc2)ccn1. The van der Waals surface area contributed by atoms with Crippen molar-refractivity contribution < 1.29 is 24.5 Å². The van der Waals surface area contributed by atoms with Crippen LogP contribution in [0.3, 0.4) is 0 Å². The zero-order chi connectivity index (χ0) is 36.5. The second-order valence-corrected chi connectivity index (χ2v) is 13.9. The van der Waals surface area contributed by atoms with Crippen LogP contribution in [0.5, 0.6) is 0 Å². The van der Waals surface area contributed by atoms with Gasteiger partial charge in [-0.25, -0.2) is 0 Å². The van der Waals surface area contributed by atoms with Gasteiger partial charge in [-0.1, -0.05) is 111 Å². The van der Waals surface area contributed by atoms with E-state index in [4.69, 9.17) is 9.40 Å². The molecule has 0 unspecified atom stereocenters. The Kier molecular flexibility index (Phi) is 10.7. The van der Waals surface area contributed by atoms with Crippen molar-refractivity contribution in [3.63, 3.8) is 0 Å². The van der Waals surface area contributed by atoms with E-state index in [0.29, 0.717) is 11.8 Å². The molecule has 9 aromatic rings. The zero-order valence-corrected chi connectivity index (χ0v) is 33.4. The number of hydrogen-bond acceptors (Lipinski definition) is 4. The summed E-state index contributed by atoms with van der Waals surface area (Å²) in [6, 6.07) is 50.0. The van der Waals surface area contributed by atoms with E-state index >= 15 is 0 Å². The van der Waals surface area contributed by atoms with Crippen molar-refractivity contribution in [1.82, 2.24) is 19.5 Å². The summed E-state index contributed by atoms with van der Waals surface area (Å²) in [7, 11) is 0. The maximum absolute atomic E-state index is 6.41. The molecule has 0 saturated heterocycles. The van der Waals surface area contributed by atoms with Crippen LogP contribution in [0.4, 0.5) is 0 Å². The molecule has 0 aliphatic heterocycles. The van der Waals surface area contributed by atoms with Gasteiger partial charge in [0.15, 0.2) is 0 Å². The second-order valence-electron chi connectivity index (χ2n) is 13.9. The maximum Gasteiger partial charge on any atom is 0.120 e. The third-order valence-electron chi connectivity index (χ3n) is 9.74. The van der Waals surface area contributed by atoms with E-state index in [1.54, 1.807) is 0 Å². The van der Waals surface area contributed by atoms with Gasteiger partial charge in [-0.2, -0.15) is 0 Å². The number of rotatable bonds is 6. The minimum atomic E-state index is 0. The summed E-state index contributed by atoms with van der Waals surface area (Å²) in [4.78, 5) is 14.1. The molecule has 0 atom stereocenters. The van der Waals surface area contributed by atoms with Crippen LogP contribution in [0.15, 0.2) is 144 Å². The first kappa shape index (κ1) is 36.7. The smallest absolute Gasteiger partial charge is 0.120 e. The number of aromatic nitrogens is 4. The average molecular weight is 881 g/mol. The van der Waals surface area contributed by atoms with Crippen LogP contribution in [0.2, 0.25) is 0 Å². The zero-order valence-electron chi connectivity index (χ0n) is 31.0. The van der Waals surface area contributed by atoms with Crippen molar-refractivity contribution in [2.45, 2.75) is 46.5 Å².